The fourth-order valence-electron chi connectivity index (χ4n) is 4.73. The van der Waals surface area contributed by atoms with Gasteiger partial charge in [0.1, 0.15) is 12.1 Å². The largest absolute Gasteiger partial charge is 0.465 e. The Morgan fingerprint density at radius 3 is 2.12 bits per heavy atom. The van der Waals surface area contributed by atoms with Crippen LogP contribution in [0, 0.1) is 5.92 Å². The van der Waals surface area contributed by atoms with Gasteiger partial charge in [-0.2, -0.15) is 0 Å². The van der Waals surface area contributed by atoms with Gasteiger partial charge < -0.3 is 19.6 Å². The van der Waals surface area contributed by atoms with Crippen LogP contribution in [0.2, 0.25) is 0 Å². The number of carbonyl (C=O) groups is 2. The Bertz CT molecular complexity index is 794. The fourth-order valence-corrected chi connectivity index (χ4v) is 4.73. The zero-order valence-corrected chi connectivity index (χ0v) is 20.7. The van der Waals surface area contributed by atoms with E-state index in [9.17, 15) is 14.7 Å². The van der Waals surface area contributed by atoms with Gasteiger partial charge in [-0.25, -0.2) is 14.8 Å². The van der Waals surface area contributed by atoms with Crippen LogP contribution in [0.3, 0.4) is 0 Å². The number of ether oxygens (including phenoxy) is 1. The highest BCUT2D eigenvalue weighted by molar-refractivity contribution is 5.86. The van der Waals surface area contributed by atoms with E-state index in [0.717, 1.165) is 18.8 Å². The number of rotatable bonds is 6. The van der Waals surface area contributed by atoms with Crippen LogP contribution in [0.5, 0.6) is 6.01 Å². The van der Waals surface area contributed by atoms with Crippen molar-refractivity contribution in [1.82, 2.24) is 19.8 Å². The lowest BCUT2D eigenvalue weighted by Gasteiger charge is -2.43. The standard InChI is InChI=1S/C24H39N5O4/c1-17(2)20(29(23(31)32)24(3,4)5)21(30)28-13-9-19(10-14-28)33-22-25-15-18(16-26-22)27-11-7-6-8-12-27/h15-17,19-20H,6-14H2,1-5H3,(H,31,32)/t20-/m0/s1. The predicted octanol–water partition coefficient (Wildman–Crippen LogP) is 3.64. The summed E-state index contributed by atoms with van der Waals surface area (Å²) in [4.78, 5) is 39.5. The first-order valence-corrected chi connectivity index (χ1v) is 12.1. The number of carboxylic acid groups (broad SMARTS) is 1. The monoisotopic (exact) mass is 461 g/mol. The van der Waals surface area contributed by atoms with Gasteiger partial charge in [0.15, 0.2) is 0 Å². The summed E-state index contributed by atoms with van der Waals surface area (Å²) in [5.41, 5.74) is 0.360. The number of amides is 2. The summed E-state index contributed by atoms with van der Waals surface area (Å²) in [5, 5.41) is 9.80. The van der Waals surface area contributed by atoms with Gasteiger partial charge in [0.25, 0.3) is 0 Å². The van der Waals surface area contributed by atoms with E-state index in [0.29, 0.717) is 31.9 Å². The molecule has 0 radical (unpaired) electrons. The molecule has 9 heteroatoms. The number of hydrogen-bond donors (Lipinski definition) is 1. The highest BCUT2D eigenvalue weighted by atomic mass is 16.5. The van der Waals surface area contributed by atoms with Gasteiger partial charge in [-0.05, 0) is 46.0 Å². The Morgan fingerprint density at radius 1 is 1.06 bits per heavy atom. The van der Waals surface area contributed by atoms with Crippen LogP contribution in [-0.2, 0) is 4.79 Å². The van der Waals surface area contributed by atoms with Gasteiger partial charge in [-0.3, -0.25) is 9.69 Å². The molecule has 0 saturated carbocycles. The van der Waals surface area contributed by atoms with E-state index in [-0.39, 0.29) is 17.9 Å². The van der Waals surface area contributed by atoms with E-state index in [1.165, 1.54) is 24.2 Å². The summed E-state index contributed by atoms with van der Waals surface area (Å²) < 4.78 is 5.99. The smallest absolute Gasteiger partial charge is 0.408 e. The second kappa shape index (κ2) is 10.6. The van der Waals surface area contributed by atoms with Crippen LogP contribution < -0.4 is 9.64 Å². The topological polar surface area (TPSA) is 99.1 Å². The molecule has 0 bridgehead atoms. The number of nitrogens with zero attached hydrogens (tertiary/aromatic N) is 5. The molecule has 0 spiro atoms. The Labute approximate surface area is 197 Å². The molecule has 0 aliphatic carbocycles. The Hall–Kier alpha value is -2.58. The lowest BCUT2D eigenvalue weighted by molar-refractivity contribution is -0.142. The van der Waals surface area contributed by atoms with E-state index in [2.05, 4.69) is 14.9 Å². The maximum absolute atomic E-state index is 13.3. The number of carbonyl (C=O) groups excluding carboxylic acids is 1. The quantitative estimate of drug-likeness (QED) is 0.690. The molecule has 1 aromatic heterocycles. The van der Waals surface area contributed by atoms with Crippen LogP contribution in [0.25, 0.3) is 0 Å². The maximum Gasteiger partial charge on any atom is 0.408 e. The third-order valence-corrected chi connectivity index (χ3v) is 6.45. The summed E-state index contributed by atoms with van der Waals surface area (Å²) in [5.74, 6) is -0.267. The summed E-state index contributed by atoms with van der Waals surface area (Å²) in [6.07, 6.45) is 7.53. The van der Waals surface area contributed by atoms with Gasteiger partial charge in [0.2, 0.25) is 5.91 Å². The first kappa shape index (κ1) is 25.1. The van der Waals surface area contributed by atoms with Gasteiger partial charge in [0, 0.05) is 44.6 Å². The highest BCUT2D eigenvalue weighted by Gasteiger charge is 2.41. The second-order valence-electron chi connectivity index (χ2n) is 10.4. The zero-order chi connectivity index (χ0) is 24.2. The normalized spacial score (nSPS) is 18.8. The Morgan fingerprint density at radius 2 is 1.64 bits per heavy atom. The molecule has 3 rings (SSSR count). The predicted molar refractivity (Wildman–Crippen MR) is 127 cm³/mol. The molecule has 33 heavy (non-hydrogen) atoms. The lowest BCUT2D eigenvalue weighted by Crippen LogP contribution is -2.60. The molecular formula is C24H39N5O4. The number of anilines is 1. The summed E-state index contributed by atoms with van der Waals surface area (Å²) in [6, 6.07) is -0.351. The van der Waals surface area contributed by atoms with Crippen molar-refractivity contribution >= 4 is 17.7 Å². The van der Waals surface area contributed by atoms with Gasteiger partial charge in [-0.1, -0.05) is 13.8 Å². The third-order valence-electron chi connectivity index (χ3n) is 6.45. The molecule has 0 aromatic carbocycles. The van der Waals surface area contributed by atoms with Crippen molar-refractivity contribution in [3.63, 3.8) is 0 Å². The molecule has 2 saturated heterocycles. The van der Waals surface area contributed by atoms with Crippen LogP contribution in [-0.4, -0.2) is 80.7 Å². The van der Waals surface area contributed by atoms with E-state index in [1.807, 2.05) is 47.0 Å². The van der Waals surface area contributed by atoms with E-state index < -0.39 is 17.7 Å². The maximum atomic E-state index is 13.3. The number of aromatic nitrogens is 2. The summed E-state index contributed by atoms with van der Waals surface area (Å²) >= 11 is 0. The molecule has 1 atom stereocenters. The van der Waals surface area contributed by atoms with Crippen LogP contribution >= 0.6 is 0 Å². The average molecular weight is 462 g/mol. The van der Waals surface area contributed by atoms with Crippen molar-refractivity contribution in [2.75, 3.05) is 31.1 Å². The molecule has 2 fully saturated rings. The summed E-state index contributed by atoms with van der Waals surface area (Å²) in [6.45, 7) is 12.4. The minimum Gasteiger partial charge on any atom is -0.465 e. The van der Waals surface area contributed by atoms with Crippen molar-refractivity contribution in [2.45, 2.75) is 84.4 Å². The number of likely N-dealkylation sites (tertiary alicyclic amines) is 1. The van der Waals surface area contributed by atoms with Crippen molar-refractivity contribution in [3.8, 4) is 6.01 Å². The molecule has 1 N–H and O–H groups in total. The van der Waals surface area contributed by atoms with E-state index in [4.69, 9.17) is 4.74 Å². The molecule has 0 unspecified atom stereocenters. The molecule has 2 amide bonds. The van der Waals surface area contributed by atoms with Crippen molar-refractivity contribution in [2.24, 2.45) is 5.92 Å². The van der Waals surface area contributed by atoms with E-state index >= 15 is 0 Å². The minimum absolute atomic E-state index is 0.0643. The molecule has 2 aliphatic rings. The summed E-state index contributed by atoms with van der Waals surface area (Å²) in [7, 11) is 0. The molecule has 1 aromatic rings. The fraction of sp³-hybridized carbons (Fsp3) is 0.750. The average Bonchev–Trinajstić information content (AvgIpc) is 2.77. The zero-order valence-electron chi connectivity index (χ0n) is 20.7. The number of piperidine rings is 2. The molecule has 9 nitrogen and oxygen atoms in total. The first-order chi connectivity index (χ1) is 15.6. The molecule has 184 valence electrons. The second-order valence-corrected chi connectivity index (χ2v) is 10.4. The van der Waals surface area contributed by atoms with Crippen LogP contribution in [0.15, 0.2) is 12.4 Å². The third kappa shape index (κ3) is 6.26. The van der Waals surface area contributed by atoms with Crippen molar-refractivity contribution in [3.05, 3.63) is 12.4 Å². The minimum atomic E-state index is -1.07. The van der Waals surface area contributed by atoms with Gasteiger partial charge in [-0.15, -0.1) is 0 Å². The van der Waals surface area contributed by atoms with Crippen molar-refractivity contribution in [1.29, 1.82) is 0 Å². The van der Waals surface area contributed by atoms with Gasteiger partial charge >= 0.3 is 12.1 Å². The molecule has 3 heterocycles. The SMILES string of the molecule is CC(C)[C@@H](C(=O)N1CCC(Oc2ncc(N3CCCCC3)cn2)CC1)N(C(=O)O)C(C)(C)C. The van der Waals surface area contributed by atoms with Crippen LogP contribution in [0.1, 0.15) is 66.7 Å². The Kier molecular flexibility index (Phi) is 8.02. The van der Waals surface area contributed by atoms with Gasteiger partial charge in [0.05, 0.1) is 18.1 Å². The molecule has 2 aliphatic heterocycles. The van der Waals surface area contributed by atoms with Crippen LogP contribution in [0.4, 0.5) is 10.5 Å². The number of hydrogen-bond acceptors (Lipinski definition) is 6. The van der Waals surface area contributed by atoms with Crippen molar-refractivity contribution < 1.29 is 19.4 Å². The lowest BCUT2D eigenvalue weighted by atomic mass is 9.94. The Balaban J connectivity index is 1.57. The van der Waals surface area contributed by atoms with E-state index in [1.54, 1.807) is 4.90 Å². The first-order valence-electron chi connectivity index (χ1n) is 12.1. The molecular weight excluding hydrogens is 422 g/mol. The highest BCUT2D eigenvalue weighted by Crippen LogP contribution is 2.26.